The van der Waals surface area contributed by atoms with Crippen molar-refractivity contribution in [3.63, 3.8) is 0 Å². The van der Waals surface area contributed by atoms with Gasteiger partial charge in [0.2, 0.25) is 0 Å². The van der Waals surface area contributed by atoms with E-state index in [1.54, 1.807) is 7.11 Å². The van der Waals surface area contributed by atoms with Crippen LogP contribution in [0, 0.1) is 0 Å². The smallest absolute Gasteiger partial charge is 0.119 e. The summed E-state index contributed by atoms with van der Waals surface area (Å²) < 4.78 is 5.28. The molecular formula is C18H20N2O. The fraction of sp³-hybridized carbons (Fsp3) is 0.389. The zero-order valence-corrected chi connectivity index (χ0v) is 12.5. The first-order valence-electron chi connectivity index (χ1n) is 7.57. The fourth-order valence-electron chi connectivity index (χ4n) is 4.10. The van der Waals surface area contributed by atoms with Crippen molar-refractivity contribution < 1.29 is 4.74 Å². The lowest BCUT2D eigenvalue weighted by Gasteiger charge is -2.45. The van der Waals surface area contributed by atoms with E-state index in [9.17, 15) is 0 Å². The molecule has 1 aromatic carbocycles. The van der Waals surface area contributed by atoms with Crippen LogP contribution in [0.15, 0.2) is 42.7 Å². The van der Waals surface area contributed by atoms with Gasteiger partial charge in [-0.25, -0.2) is 0 Å². The number of hydrogen-bond donors (Lipinski definition) is 0. The Morgan fingerprint density at radius 2 is 2.05 bits per heavy atom. The number of anilines is 1. The molecule has 0 saturated carbocycles. The van der Waals surface area contributed by atoms with Gasteiger partial charge in [0.25, 0.3) is 0 Å². The van der Waals surface area contributed by atoms with Gasteiger partial charge in [0.15, 0.2) is 0 Å². The maximum atomic E-state index is 5.28. The van der Waals surface area contributed by atoms with Crippen LogP contribution in [-0.2, 0) is 6.42 Å². The Morgan fingerprint density at radius 3 is 2.81 bits per heavy atom. The van der Waals surface area contributed by atoms with Crippen LogP contribution in [-0.4, -0.2) is 17.6 Å². The number of aromatic nitrogens is 1. The highest BCUT2D eigenvalue weighted by atomic mass is 16.5. The first-order valence-corrected chi connectivity index (χ1v) is 7.57. The van der Waals surface area contributed by atoms with Crippen LogP contribution >= 0.6 is 0 Å². The second kappa shape index (κ2) is 4.48. The first-order chi connectivity index (χ1) is 10.2. The number of benzene rings is 1. The first kappa shape index (κ1) is 12.7. The zero-order valence-electron chi connectivity index (χ0n) is 12.5. The average Bonchev–Trinajstić information content (AvgIpc) is 2.77. The van der Waals surface area contributed by atoms with Gasteiger partial charge in [0, 0.05) is 23.6 Å². The second-order valence-corrected chi connectivity index (χ2v) is 6.37. The summed E-state index contributed by atoms with van der Waals surface area (Å²) in [5.41, 5.74) is 4.38. The van der Waals surface area contributed by atoms with E-state index in [1.165, 1.54) is 29.7 Å². The lowest BCUT2D eigenvalue weighted by Crippen LogP contribution is -2.47. The third kappa shape index (κ3) is 1.84. The maximum Gasteiger partial charge on any atom is 0.119 e. The molecule has 2 aliphatic rings. The molecule has 2 bridgehead atoms. The van der Waals surface area contributed by atoms with Crippen LogP contribution in [0.1, 0.15) is 36.9 Å². The van der Waals surface area contributed by atoms with Gasteiger partial charge < -0.3 is 9.64 Å². The standard InChI is InChI=1S/C18H20N2O/c1-18-9-7-17(16-8-10-19-12-13(16)11-18)20(18)14-3-5-15(21-2)6-4-14/h3-6,8,10,12,17H,7,9,11H2,1-2H3/t17-,18+/m1/s1. The Balaban J connectivity index is 1.79. The highest BCUT2D eigenvalue weighted by Crippen LogP contribution is 2.51. The zero-order chi connectivity index (χ0) is 14.4. The van der Waals surface area contributed by atoms with Crippen molar-refractivity contribution in [2.24, 2.45) is 0 Å². The SMILES string of the molecule is COc1ccc(N2[C@@H]3CC[C@@]2(C)Cc2cnccc23)cc1. The largest absolute Gasteiger partial charge is 0.497 e. The minimum Gasteiger partial charge on any atom is -0.497 e. The fourth-order valence-corrected chi connectivity index (χ4v) is 4.10. The molecule has 21 heavy (non-hydrogen) atoms. The number of nitrogens with zero attached hydrogens (tertiary/aromatic N) is 2. The third-order valence-electron chi connectivity index (χ3n) is 5.07. The molecule has 3 heteroatoms. The van der Waals surface area contributed by atoms with Gasteiger partial charge in [0.05, 0.1) is 13.2 Å². The molecule has 0 radical (unpaired) electrons. The van der Waals surface area contributed by atoms with Crippen LogP contribution in [0.25, 0.3) is 0 Å². The molecule has 3 heterocycles. The van der Waals surface area contributed by atoms with Crippen molar-refractivity contribution in [3.8, 4) is 5.75 Å². The predicted molar refractivity (Wildman–Crippen MR) is 83.8 cm³/mol. The molecule has 1 saturated heterocycles. The summed E-state index contributed by atoms with van der Waals surface area (Å²) in [6, 6.07) is 11.2. The predicted octanol–water partition coefficient (Wildman–Crippen LogP) is 3.75. The molecule has 0 unspecified atom stereocenters. The van der Waals surface area contributed by atoms with Gasteiger partial charge in [-0.15, -0.1) is 0 Å². The van der Waals surface area contributed by atoms with Crippen molar-refractivity contribution in [1.29, 1.82) is 0 Å². The van der Waals surface area contributed by atoms with E-state index < -0.39 is 0 Å². The maximum absolute atomic E-state index is 5.28. The van der Waals surface area contributed by atoms with Gasteiger partial charge in [0.1, 0.15) is 5.75 Å². The number of fused-ring (bicyclic) bond motifs is 4. The second-order valence-electron chi connectivity index (χ2n) is 6.37. The molecule has 1 fully saturated rings. The van der Waals surface area contributed by atoms with Crippen molar-refractivity contribution >= 4 is 5.69 Å². The topological polar surface area (TPSA) is 25.4 Å². The van der Waals surface area contributed by atoms with Crippen LogP contribution in [0.4, 0.5) is 5.69 Å². The normalized spacial score (nSPS) is 26.6. The number of hydrogen-bond acceptors (Lipinski definition) is 3. The minimum atomic E-state index is 0.204. The molecule has 0 amide bonds. The molecule has 1 aromatic heterocycles. The van der Waals surface area contributed by atoms with Crippen molar-refractivity contribution in [3.05, 3.63) is 53.9 Å². The third-order valence-corrected chi connectivity index (χ3v) is 5.07. The van der Waals surface area contributed by atoms with Crippen LogP contribution in [0.3, 0.4) is 0 Å². The van der Waals surface area contributed by atoms with E-state index in [0.717, 1.165) is 12.2 Å². The van der Waals surface area contributed by atoms with Crippen molar-refractivity contribution in [2.45, 2.75) is 37.8 Å². The average molecular weight is 280 g/mol. The summed E-state index contributed by atoms with van der Waals surface area (Å²) in [6.45, 7) is 2.38. The highest BCUT2D eigenvalue weighted by molar-refractivity contribution is 5.58. The summed E-state index contributed by atoms with van der Waals surface area (Å²) in [5.74, 6) is 0.915. The molecule has 3 nitrogen and oxygen atoms in total. The molecule has 4 rings (SSSR count). The molecule has 2 aromatic rings. The van der Waals surface area contributed by atoms with Crippen LogP contribution in [0.5, 0.6) is 5.75 Å². The summed E-state index contributed by atoms with van der Waals surface area (Å²) in [4.78, 5) is 6.92. The van der Waals surface area contributed by atoms with E-state index in [-0.39, 0.29) is 5.54 Å². The molecule has 108 valence electrons. The molecule has 2 atom stereocenters. The van der Waals surface area contributed by atoms with Gasteiger partial charge in [-0.3, -0.25) is 4.98 Å². The Morgan fingerprint density at radius 1 is 1.24 bits per heavy atom. The Kier molecular flexibility index (Phi) is 2.71. The highest BCUT2D eigenvalue weighted by Gasteiger charge is 2.47. The summed E-state index contributed by atoms with van der Waals surface area (Å²) in [6.07, 6.45) is 7.51. The minimum absolute atomic E-state index is 0.204. The van der Waals surface area contributed by atoms with E-state index in [0.29, 0.717) is 6.04 Å². The van der Waals surface area contributed by atoms with Crippen LogP contribution < -0.4 is 9.64 Å². The number of rotatable bonds is 2. The summed E-state index contributed by atoms with van der Waals surface area (Å²) in [7, 11) is 1.71. The molecule has 0 aliphatic carbocycles. The number of methoxy groups -OCH3 is 1. The Hall–Kier alpha value is -2.03. The van der Waals surface area contributed by atoms with Crippen LogP contribution in [0.2, 0.25) is 0 Å². The van der Waals surface area contributed by atoms with E-state index in [4.69, 9.17) is 4.74 Å². The lowest BCUT2D eigenvalue weighted by molar-refractivity contribution is 0.413. The van der Waals surface area contributed by atoms with Crippen molar-refractivity contribution in [1.82, 2.24) is 4.98 Å². The van der Waals surface area contributed by atoms with E-state index >= 15 is 0 Å². The van der Waals surface area contributed by atoms with Gasteiger partial charge in [-0.2, -0.15) is 0 Å². The molecule has 0 N–H and O–H groups in total. The Bertz CT molecular complexity index is 667. The monoisotopic (exact) mass is 280 g/mol. The molecule has 2 aliphatic heterocycles. The van der Waals surface area contributed by atoms with E-state index in [2.05, 4.69) is 53.3 Å². The Labute approximate surface area is 125 Å². The van der Waals surface area contributed by atoms with Gasteiger partial charge in [-0.1, -0.05) is 0 Å². The molecular weight excluding hydrogens is 260 g/mol. The summed E-state index contributed by atoms with van der Waals surface area (Å²) >= 11 is 0. The van der Waals surface area contributed by atoms with Crippen molar-refractivity contribution in [2.75, 3.05) is 12.0 Å². The number of pyridine rings is 1. The van der Waals surface area contributed by atoms with E-state index in [1.807, 2.05) is 6.20 Å². The lowest BCUT2D eigenvalue weighted by atomic mass is 9.86. The quantitative estimate of drug-likeness (QED) is 0.838. The number of ether oxygens (including phenoxy) is 1. The molecule has 0 spiro atoms. The van der Waals surface area contributed by atoms with Gasteiger partial charge >= 0.3 is 0 Å². The van der Waals surface area contributed by atoms with Gasteiger partial charge in [-0.05, 0) is 67.6 Å². The summed E-state index contributed by atoms with van der Waals surface area (Å²) in [5, 5.41) is 0.